The molecule has 0 spiro atoms. The maximum Gasteiger partial charge on any atom is 0.322 e. The number of likely N-dealkylation sites (tertiary alicyclic amines) is 1. The molecule has 0 radical (unpaired) electrons. The second-order valence-electron chi connectivity index (χ2n) is 6.76. The monoisotopic (exact) mass is 311 g/mol. The Hall–Kier alpha value is -2.37. The third-order valence-corrected chi connectivity index (χ3v) is 5.43. The van der Waals surface area contributed by atoms with Gasteiger partial charge in [0.15, 0.2) is 0 Å². The highest BCUT2D eigenvalue weighted by atomic mass is 16.2. The summed E-state index contributed by atoms with van der Waals surface area (Å²) in [6, 6.07) is 7.93. The first kappa shape index (κ1) is 14.2. The minimum atomic E-state index is 0.0209. The number of rotatable bonds is 3. The molecule has 120 valence electrons. The number of anilines is 1. The van der Waals surface area contributed by atoms with E-state index in [-0.39, 0.29) is 11.6 Å². The van der Waals surface area contributed by atoms with Crippen molar-refractivity contribution in [3.63, 3.8) is 0 Å². The van der Waals surface area contributed by atoms with Gasteiger partial charge in [-0.15, -0.1) is 0 Å². The Morgan fingerprint density at radius 1 is 1.43 bits per heavy atom. The Bertz CT molecular complexity index is 714. The highest BCUT2D eigenvalue weighted by molar-refractivity contribution is 5.90. The van der Waals surface area contributed by atoms with E-state index in [2.05, 4.69) is 22.3 Å². The minimum Gasteiger partial charge on any atom is -0.319 e. The van der Waals surface area contributed by atoms with Crippen LogP contribution in [0, 0.1) is 5.92 Å². The number of carbonyl (C=O) groups is 1. The molecule has 2 atom stereocenters. The predicted octanol–water partition coefficient (Wildman–Crippen LogP) is 2.73. The summed E-state index contributed by atoms with van der Waals surface area (Å²) >= 11 is 0. The van der Waals surface area contributed by atoms with Crippen molar-refractivity contribution >= 4 is 11.7 Å². The molecule has 1 aliphatic carbocycles. The molecule has 1 N–H and O–H groups in total. The first-order valence-corrected chi connectivity index (χ1v) is 8.15. The molecule has 6 heteroatoms. The van der Waals surface area contributed by atoms with Crippen LogP contribution in [-0.4, -0.2) is 37.8 Å². The number of hydrogen-bond acceptors (Lipinski definition) is 3. The lowest BCUT2D eigenvalue weighted by atomic mass is 9.69. The van der Waals surface area contributed by atoms with Gasteiger partial charge in [0.05, 0.1) is 6.54 Å². The van der Waals surface area contributed by atoms with E-state index >= 15 is 0 Å². The maximum absolute atomic E-state index is 12.6. The lowest BCUT2D eigenvalue weighted by Gasteiger charge is -2.47. The lowest BCUT2D eigenvalue weighted by Crippen LogP contribution is -2.55. The number of benzene rings is 1. The van der Waals surface area contributed by atoms with Crippen molar-refractivity contribution in [1.29, 1.82) is 0 Å². The Balaban J connectivity index is 1.45. The van der Waals surface area contributed by atoms with E-state index in [0.29, 0.717) is 12.5 Å². The van der Waals surface area contributed by atoms with Crippen LogP contribution in [0.4, 0.5) is 10.5 Å². The maximum atomic E-state index is 12.6. The molecule has 2 aromatic rings. The van der Waals surface area contributed by atoms with Gasteiger partial charge in [0.1, 0.15) is 12.7 Å². The van der Waals surface area contributed by atoms with Crippen molar-refractivity contribution in [2.75, 3.05) is 11.9 Å². The number of amides is 2. The van der Waals surface area contributed by atoms with Crippen LogP contribution in [0.1, 0.15) is 31.7 Å². The van der Waals surface area contributed by atoms with Gasteiger partial charge in [0, 0.05) is 17.8 Å². The number of nitrogens with one attached hydrogen (secondary N) is 1. The summed E-state index contributed by atoms with van der Waals surface area (Å²) in [5, 5.41) is 7.17. The zero-order valence-corrected chi connectivity index (χ0v) is 13.3. The van der Waals surface area contributed by atoms with Crippen molar-refractivity contribution in [2.24, 2.45) is 5.92 Å². The van der Waals surface area contributed by atoms with Crippen LogP contribution in [0.3, 0.4) is 0 Å². The molecule has 2 fully saturated rings. The molecule has 0 unspecified atom stereocenters. The van der Waals surface area contributed by atoms with Crippen LogP contribution in [-0.2, 0) is 6.54 Å². The third-order valence-electron chi connectivity index (χ3n) is 5.43. The van der Waals surface area contributed by atoms with Crippen LogP contribution in [0.2, 0.25) is 0 Å². The lowest BCUT2D eigenvalue weighted by molar-refractivity contribution is 0.0656. The van der Waals surface area contributed by atoms with Crippen LogP contribution in [0.5, 0.6) is 0 Å². The molecular weight excluding hydrogens is 290 g/mol. The molecule has 2 amide bonds. The molecule has 1 saturated carbocycles. The van der Waals surface area contributed by atoms with Crippen LogP contribution in [0.15, 0.2) is 36.9 Å². The molecule has 0 bridgehead atoms. The molecule has 23 heavy (non-hydrogen) atoms. The highest BCUT2D eigenvalue weighted by Gasteiger charge is 2.53. The van der Waals surface area contributed by atoms with Crippen LogP contribution >= 0.6 is 0 Å². The van der Waals surface area contributed by atoms with E-state index in [1.54, 1.807) is 11.0 Å². The fourth-order valence-corrected chi connectivity index (χ4v) is 3.89. The van der Waals surface area contributed by atoms with Gasteiger partial charge in [-0.1, -0.05) is 12.1 Å². The number of aromatic nitrogens is 3. The van der Waals surface area contributed by atoms with Gasteiger partial charge in [-0.2, -0.15) is 5.10 Å². The number of carbonyl (C=O) groups excluding carboxylic acids is 1. The van der Waals surface area contributed by atoms with E-state index in [4.69, 9.17) is 0 Å². The van der Waals surface area contributed by atoms with Crippen molar-refractivity contribution < 1.29 is 4.79 Å². The Labute approximate surface area is 135 Å². The first-order chi connectivity index (χ1) is 11.1. The average molecular weight is 311 g/mol. The second-order valence-corrected chi connectivity index (χ2v) is 6.76. The van der Waals surface area contributed by atoms with E-state index in [1.807, 2.05) is 29.2 Å². The Morgan fingerprint density at radius 2 is 2.35 bits per heavy atom. The Kier molecular flexibility index (Phi) is 3.32. The summed E-state index contributed by atoms with van der Waals surface area (Å²) in [7, 11) is 0. The average Bonchev–Trinajstić information content (AvgIpc) is 3.10. The number of hydrogen-bond donors (Lipinski definition) is 1. The molecule has 1 saturated heterocycles. The highest BCUT2D eigenvalue weighted by Crippen LogP contribution is 2.49. The zero-order valence-electron chi connectivity index (χ0n) is 13.3. The topological polar surface area (TPSA) is 63.1 Å². The third kappa shape index (κ3) is 2.48. The molecule has 1 aromatic carbocycles. The molecule has 2 heterocycles. The molecule has 2 aliphatic rings. The molecule has 1 aromatic heterocycles. The van der Waals surface area contributed by atoms with Gasteiger partial charge in [0.25, 0.3) is 0 Å². The van der Waals surface area contributed by atoms with Crippen molar-refractivity contribution in [3.05, 3.63) is 42.5 Å². The molecule has 4 rings (SSSR count). The van der Waals surface area contributed by atoms with Crippen molar-refractivity contribution in [3.8, 4) is 0 Å². The Morgan fingerprint density at radius 3 is 3.04 bits per heavy atom. The summed E-state index contributed by atoms with van der Waals surface area (Å²) in [5.41, 5.74) is 1.99. The van der Waals surface area contributed by atoms with E-state index in [9.17, 15) is 4.79 Å². The summed E-state index contributed by atoms with van der Waals surface area (Å²) < 4.78 is 1.77. The normalized spacial score (nSPS) is 25.8. The number of urea groups is 1. The largest absolute Gasteiger partial charge is 0.322 e. The van der Waals surface area contributed by atoms with Gasteiger partial charge in [0.2, 0.25) is 0 Å². The molecule has 1 aliphatic heterocycles. The number of fused-ring (bicyclic) bond motifs is 1. The standard InChI is InChI=1S/C17H21N5O/c1-17-7-5-14(17)6-8-22(17)16(23)20-15-4-2-3-13(9-15)10-21-12-18-11-19-21/h2-4,9,11-12,14H,5-8,10H2,1H3,(H,20,23)/t14-,17-/m0/s1. The summed E-state index contributed by atoms with van der Waals surface area (Å²) in [4.78, 5) is 18.6. The summed E-state index contributed by atoms with van der Waals surface area (Å²) in [5.74, 6) is 0.687. The van der Waals surface area contributed by atoms with Gasteiger partial charge < -0.3 is 10.2 Å². The quantitative estimate of drug-likeness (QED) is 0.948. The summed E-state index contributed by atoms with van der Waals surface area (Å²) in [6.45, 7) is 3.73. The van der Waals surface area contributed by atoms with Crippen LogP contribution < -0.4 is 5.32 Å². The predicted molar refractivity (Wildman–Crippen MR) is 87.0 cm³/mol. The van der Waals surface area contributed by atoms with Gasteiger partial charge in [-0.05, 0) is 49.8 Å². The van der Waals surface area contributed by atoms with Crippen LogP contribution in [0.25, 0.3) is 0 Å². The van der Waals surface area contributed by atoms with Gasteiger partial charge in [-0.25, -0.2) is 14.5 Å². The second kappa shape index (κ2) is 5.37. The fourth-order valence-electron chi connectivity index (χ4n) is 3.89. The van der Waals surface area contributed by atoms with E-state index < -0.39 is 0 Å². The van der Waals surface area contributed by atoms with Crippen molar-refractivity contribution in [2.45, 2.75) is 38.3 Å². The smallest absolute Gasteiger partial charge is 0.319 e. The number of nitrogens with zero attached hydrogens (tertiary/aromatic N) is 4. The molecule has 6 nitrogen and oxygen atoms in total. The van der Waals surface area contributed by atoms with E-state index in [1.165, 1.54) is 12.7 Å². The fraction of sp³-hybridized carbons (Fsp3) is 0.471. The minimum absolute atomic E-state index is 0.0209. The van der Waals surface area contributed by atoms with Gasteiger partial charge in [-0.3, -0.25) is 0 Å². The van der Waals surface area contributed by atoms with Gasteiger partial charge >= 0.3 is 6.03 Å². The molecular formula is C17H21N5O. The summed E-state index contributed by atoms with van der Waals surface area (Å²) in [6.07, 6.45) is 6.73. The SMILES string of the molecule is C[C@]12CC[C@H]1CCN2C(=O)Nc1cccc(Cn2cncn2)c1. The van der Waals surface area contributed by atoms with E-state index in [0.717, 1.165) is 30.6 Å². The zero-order chi connectivity index (χ0) is 15.9. The van der Waals surface area contributed by atoms with Crippen molar-refractivity contribution in [1.82, 2.24) is 19.7 Å². The first-order valence-electron chi connectivity index (χ1n) is 8.15.